The highest BCUT2D eigenvalue weighted by Crippen LogP contribution is 2.31. The van der Waals surface area contributed by atoms with Gasteiger partial charge in [-0.1, -0.05) is 12.1 Å². The second-order valence-electron chi connectivity index (χ2n) is 4.26. The Morgan fingerprint density at radius 3 is 2.50 bits per heavy atom. The number of rotatable bonds is 3. The average Bonchev–Trinajstić information content (AvgIpc) is 2.33. The Balaban J connectivity index is 2.26. The molecule has 2 aromatic carbocycles. The molecule has 0 fully saturated rings. The number of hydrogen-bond donors (Lipinski definition) is 0. The van der Waals surface area contributed by atoms with Gasteiger partial charge in [-0.05, 0) is 70.7 Å². The van der Waals surface area contributed by atoms with Crippen molar-refractivity contribution < 1.29 is 4.74 Å². The van der Waals surface area contributed by atoms with Gasteiger partial charge in [0.05, 0.1) is 4.47 Å². The van der Waals surface area contributed by atoms with E-state index in [1.807, 2.05) is 50.2 Å². The molecule has 94 valence electrons. The summed E-state index contributed by atoms with van der Waals surface area (Å²) >= 11 is 9.34. The van der Waals surface area contributed by atoms with Crippen LogP contribution in [0.3, 0.4) is 0 Å². The lowest BCUT2D eigenvalue weighted by atomic mass is 10.1. The second-order valence-corrected chi connectivity index (χ2v) is 5.38. The molecule has 1 nitrogen and oxygen atoms in total. The molecule has 3 heteroatoms. The zero-order valence-electron chi connectivity index (χ0n) is 10.3. The third kappa shape index (κ3) is 3.06. The third-order valence-electron chi connectivity index (χ3n) is 2.77. The molecular formula is C15H14BrClO. The Labute approximate surface area is 121 Å². The van der Waals surface area contributed by atoms with Crippen LogP contribution in [-0.2, 0) is 5.88 Å². The second kappa shape index (κ2) is 5.77. The highest BCUT2D eigenvalue weighted by molar-refractivity contribution is 9.10. The Hall–Kier alpha value is -0.990. The summed E-state index contributed by atoms with van der Waals surface area (Å²) in [4.78, 5) is 0. The van der Waals surface area contributed by atoms with Gasteiger partial charge in [0.2, 0.25) is 0 Å². The maximum absolute atomic E-state index is 5.85. The highest BCUT2D eigenvalue weighted by Gasteiger charge is 2.04. The molecule has 0 unspecified atom stereocenters. The third-order valence-corrected chi connectivity index (χ3v) is 3.68. The molecule has 0 radical (unpaired) electrons. The van der Waals surface area contributed by atoms with Crippen LogP contribution in [-0.4, -0.2) is 0 Å². The van der Waals surface area contributed by atoms with E-state index in [1.165, 1.54) is 5.56 Å². The number of alkyl halides is 1. The van der Waals surface area contributed by atoms with Crippen molar-refractivity contribution in [3.05, 3.63) is 57.6 Å². The first-order valence-electron chi connectivity index (χ1n) is 5.69. The van der Waals surface area contributed by atoms with E-state index in [0.717, 1.165) is 27.1 Å². The zero-order valence-corrected chi connectivity index (χ0v) is 12.7. The standard InChI is InChI=1S/C15H14BrClO/c1-10-3-6-15(14(16)7-10)18-13-5-4-12(9-17)11(2)8-13/h3-8H,9H2,1-2H3. The summed E-state index contributed by atoms with van der Waals surface area (Å²) in [7, 11) is 0. The van der Waals surface area contributed by atoms with Crippen molar-refractivity contribution in [2.45, 2.75) is 19.7 Å². The van der Waals surface area contributed by atoms with Gasteiger partial charge in [-0.15, -0.1) is 11.6 Å². The van der Waals surface area contributed by atoms with Gasteiger partial charge in [0.1, 0.15) is 11.5 Å². The Bertz CT molecular complexity index is 566. The predicted molar refractivity (Wildman–Crippen MR) is 79.7 cm³/mol. The molecule has 2 rings (SSSR count). The van der Waals surface area contributed by atoms with Gasteiger partial charge in [-0.25, -0.2) is 0 Å². The van der Waals surface area contributed by atoms with E-state index in [-0.39, 0.29) is 0 Å². The van der Waals surface area contributed by atoms with Gasteiger partial charge >= 0.3 is 0 Å². The SMILES string of the molecule is Cc1ccc(Oc2ccc(CCl)c(C)c2)c(Br)c1. The molecule has 0 saturated carbocycles. The van der Waals surface area contributed by atoms with Crippen LogP contribution in [0.25, 0.3) is 0 Å². The topological polar surface area (TPSA) is 9.23 Å². The Morgan fingerprint density at radius 1 is 1.11 bits per heavy atom. The summed E-state index contributed by atoms with van der Waals surface area (Å²) < 4.78 is 6.81. The smallest absolute Gasteiger partial charge is 0.141 e. The largest absolute Gasteiger partial charge is 0.456 e. The fraction of sp³-hybridized carbons (Fsp3) is 0.200. The fourth-order valence-electron chi connectivity index (χ4n) is 1.70. The van der Waals surface area contributed by atoms with Gasteiger partial charge in [-0.3, -0.25) is 0 Å². The van der Waals surface area contributed by atoms with E-state index in [0.29, 0.717) is 5.88 Å². The van der Waals surface area contributed by atoms with Crippen LogP contribution >= 0.6 is 27.5 Å². The molecule has 0 saturated heterocycles. The van der Waals surface area contributed by atoms with E-state index in [9.17, 15) is 0 Å². The lowest BCUT2D eigenvalue weighted by Crippen LogP contribution is -1.89. The van der Waals surface area contributed by atoms with Crippen molar-refractivity contribution in [2.75, 3.05) is 0 Å². The van der Waals surface area contributed by atoms with Crippen molar-refractivity contribution >= 4 is 27.5 Å². The van der Waals surface area contributed by atoms with Crippen molar-refractivity contribution in [3.8, 4) is 11.5 Å². The molecule has 0 amide bonds. The number of aryl methyl sites for hydroxylation is 2. The summed E-state index contributed by atoms with van der Waals surface area (Å²) in [6, 6.07) is 12.0. The Kier molecular flexibility index (Phi) is 4.31. The summed E-state index contributed by atoms with van der Waals surface area (Å²) in [6.45, 7) is 4.09. The van der Waals surface area contributed by atoms with Gasteiger partial charge in [-0.2, -0.15) is 0 Å². The molecule has 0 N–H and O–H groups in total. The van der Waals surface area contributed by atoms with E-state index in [2.05, 4.69) is 15.9 Å². The fourth-order valence-corrected chi connectivity index (χ4v) is 2.57. The number of ether oxygens (including phenoxy) is 1. The molecule has 2 aromatic rings. The molecule has 0 spiro atoms. The quantitative estimate of drug-likeness (QED) is 0.668. The van der Waals surface area contributed by atoms with E-state index in [1.54, 1.807) is 0 Å². The van der Waals surface area contributed by atoms with E-state index >= 15 is 0 Å². The number of benzene rings is 2. The van der Waals surface area contributed by atoms with Crippen molar-refractivity contribution in [3.63, 3.8) is 0 Å². The van der Waals surface area contributed by atoms with Crippen LogP contribution in [0, 0.1) is 13.8 Å². The van der Waals surface area contributed by atoms with Gasteiger partial charge in [0.25, 0.3) is 0 Å². The molecule has 0 aliphatic carbocycles. The molecule has 18 heavy (non-hydrogen) atoms. The van der Waals surface area contributed by atoms with Crippen LogP contribution in [0.1, 0.15) is 16.7 Å². The normalized spacial score (nSPS) is 10.4. The molecule has 0 aliphatic heterocycles. The lowest BCUT2D eigenvalue weighted by Gasteiger charge is -2.10. The Morgan fingerprint density at radius 2 is 1.89 bits per heavy atom. The summed E-state index contributed by atoms with van der Waals surface area (Å²) in [5.74, 6) is 2.17. The molecule has 0 aromatic heterocycles. The van der Waals surface area contributed by atoms with E-state index in [4.69, 9.17) is 16.3 Å². The minimum atomic E-state index is 0.528. The number of halogens is 2. The molecule has 0 aliphatic rings. The van der Waals surface area contributed by atoms with E-state index < -0.39 is 0 Å². The maximum atomic E-state index is 5.85. The molecule has 0 heterocycles. The van der Waals surface area contributed by atoms with Crippen LogP contribution < -0.4 is 4.74 Å². The minimum Gasteiger partial charge on any atom is -0.456 e. The van der Waals surface area contributed by atoms with Crippen molar-refractivity contribution in [1.29, 1.82) is 0 Å². The first kappa shape index (κ1) is 13.4. The van der Waals surface area contributed by atoms with Gasteiger partial charge < -0.3 is 4.74 Å². The monoisotopic (exact) mass is 324 g/mol. The lowest BCUT2D eigenvalue weighted by molar-refractivity contribution is 0.479. The van der Waals surface area contributed by atoms with Crippen molar-refractivity contribution in [2.24, 2.45) is 0 Å². The first-order valence-corrected chi connectivity index (χ1v) is 7.02. The average molecular weight is 326 g/mol. The molecule has 0 bridgehead atoms. The first-order chi connectivity index (χ1) is 8.60. The van der Waals surface area contributed by atoms with Gasteiger partial charge in [0, 0.05) is 5.88 Å². The summed E-state index contributed by atoms with van der Waals surface area (Å²) in [6.07, 6.45) is 0. The highest BCUT2D eigenvalue weighted by atomic mass is 79.9. The minimum absolute atomic E-state index is 0.528. The van der Waals surface area contributed by atoms with Crippen LogP contribution in [0.2, 0.25) is 0 Å². The maximum Gasteiger partial charge on any atom is 0.141 e. The van der Waals surface area contributed by atoms with Gasteiger partial charge in [0.15, 0.2) is 0 Å². The molecular weight excluding hydrogens is 312 g/mol. The summed E-state index contributed by atoms with van der Waals surface area (Å²) in [5, 5.41) is 0. The van der Waals surface area contributed by atoms with Crippen LogP contribution in [0.15, 0.2) is 40.9 Å². The number of hydrogen-bond acceptors (Lipinski definition) is 1. The van der Waals surface area contributed by atoms with Crippen LogP contribution in [0.5, 0.6) is 11.5 Å². The van der Waals surface area contributed by atoms with Crippen molar-refractivity contribution in [1.82, 2.24) is 0 Å². The predicted octanol–water partition coefficient (Wildman–Crippen LogP) is 5.60. The summed E-state index contributed by atoms with van der Waals surface area (Å²) in [5.41, 5.74) is 3.47. The zero-order chi connectivity index (χ0) is 13.1. The molecule has 0 atom stereocenters. The van der Waals surface area contributed by atoms with Crippen LogP contribution in [0.4, 0.5) is 0 Å².